The van der Waals surface area contributed by atoms with E-state index in [1.54, 1.807) is 49.4 Å². The topological polar surface area (TPSA) is 104 Å². The molecule has 11 heteroatoms. The highest BCUT2D eigenvalue weighted by Crippen LogP contribution is 2.36. The van der Waals surface area contributed by atoms with Gasteiger partial charge in [-0.05, 0) is 49.4 Å². The monoisotopic (exact) mass is 491 g/mol. The third kappa shape index (κ3) is 4.43. The number of aryl methyl sites for hydroxylation is 1. The summed E-state index contributed by atoms with van der Waals surface area (Å²) in [4.78, 5) is 5.61. The Kier molecular flexibility index (Phi) is 6.09. The molecule has 1 N–H and O–H groups in total. The first-order valence-electron chi connectivity index (χ1n) is 9.26. The van der Waals surface area contributed by atoms with Gasteiger partial charge in [0.05, 0.1) is 24.8 Å². The summed E-state index contributed by atoms with van der Waals surface area (Å²) in [5.41, 5.74) is 1.03. The van der Waals surface area contributed by atoms with Crippen LogP contribution in [0.15, 0.2) is 57.9 Å². The molecule has 4 rings (SSSR count). The fourth-order valence-corrected chi connectivity index (χ4v) is 5.67. The lowest BCUT2D eigenvalue weighted by molar-refractivity contribution is 0.395. The summed E-state index contributed by atoms with van der Waals surface area (Å²) in [6.45, 7) is 1.71. The third-order valence-corrected chi connectivity index (χ3v) is 7.47. The number of methoxy groups -OCH3 is 2. The Bertz CT molecular complexity index is 1360. The second-order valence-corrected chi connectivity index (χ2v) is 9.98. The lowest BCUT2D eigenvalue weighted by atomic mass is 10.2. The van der Waals surface area contributed by atoms with E-state index in [2.05, 4.69) is 14.9 Å². The molecule has 0 saturated heterocycles. The first-order valence-corrected chi connectivity index (χ1v) is 11.9. The van der Waals surface area contributed by atoms with Crippen LogP contribution in [0.1, 0.15) is 4.88 Å². The summed E-state index contributed by atoms with van der Waals surface area (Å²) < 4.78 is 44.5. The van der Waals surface area contributed by atoms with Crippen molar-refractivity contribution in [3.05, 3.63) is 58.4 Å². The number of aromatic nitrogens is 2. The molecule has 8 nitrogen and oxygen atoms in total. The molecular weight excluding hydrogens is 474 g/mol. The van der Waals surface area contributed by atoms with E-state index in [1.165, 1.54) is 31.6 Å². The van der Waals surface area contributed by atoms with E-state index in [0.29, 0.717) is 37.8 Å². The van der Waals surface area contributed by atoms with Gasteiger partial charge in [-0.25, -0.2) is 8.42 Å². The lowest BCUT2D eigenvalue weighted by Gasteiger charge is -2.12. The van der Waals surface area contributed by atoms with Crippen molar-refractivity contribution in [2.45, 2.75) is 11.8 Å². The standard InChI is InChI=1S/C21H18ClN3O5S2/c1-12-19(32(26,27)25-16-9-8-15(28-2)10-17(16)29-3)11-18(31-12)21-23-20(24-30-21)13-4-6-14(22)7-5-13/h4-11,25H,1-3H3. The maximum Gasteiger partial charge on any atom is 0.268 e. The Morgan fingerprint density at radius 3 is 2.50 bits per heavy atom. The molecule has 0 aliphatic rings. The maximum atomic E-state index is 13.1. The predicted molar refractivity (Wildman–Crippen MR) is 123 cm³/mol. The second-order valence-electron chi connectivity index (χ2n) is 6.63. The molecule has 0 atom stereocenters. The highest BCUT2D eigenvalue weighted by Gasteiger charge is 2.24. The van der Waals surface area contributed by atoms with Gasteiger partial charge in [-0.15, -0.1) is 11.3 Å². The number of rotatable bonds is 7. The van der Waals surface area contributed by atoms with E-state index in [-0.39, 0.29) is 10.8 Å². The predicted octanol–water partition coefficient (Wildman–Crippen LogP) is 5.24. The average Bonchev–Trinajstić information content (AvgIpc) is 3.41. The Labute approximate surface area is 193 Å². The van der Waals surface area contributed by atoms with Gasteiger partial charge in [-0.2, -0.15) is 4.98 Å². The van der Waals surface area contributed by atoms with Gasteiger partial charge in [-0.3, -0.25) is 4.72 Å². The fourth-order valence-electron chi connectivity index (χ4n) is 2.96. The maximum absolute atomic E-state index is 13.1. The normalized spacial score (nSPS) is 11.4. The third-order valence-electron chi connectivity index (χ3n) is 4.55. The van der Waals surface area contributed by atoms with E-state index < -0.39 is 10.0 Å². The minimum absolute atomic E-state index is 0.113. The van der Waals surface area contributed by atoms with Gasteiger partial charge in [0.25, 0.3) is 15.9 Å². The summed E-state index contributed by atoms with van der Waals surface area (Å²) in [6, 6.07) is 13.3. The molecule has 0 spiro atoms. The van der Waals surface area contributed by atoms with Gasteiger partial charge in [0, 0.05) is 21.5 Å². The molecule has 32 heavy (non-hydrogen) atoms. The first kappa shape index (κ1) is 22.1. The molecule has 0 saturated carbocycles. The largest absolute Gasteiger partial charge is 0.497 e. The minimum atomic E-state index is -3.90. The Morgan fingerprint density at radius 1 is 1.06 bits per heavy atom. The molecule has 0 bridgehead atoms. The molecule has 2 aromatic heterocycles. The zero-order valence-corrected chi connectivity index (χ0v) is 19.6. The zero-order chi connectivity index (χ0) is 22.9. The van der Waals surface area contributed by atoms with Gasteiger partial charge in [0.2, 0.25) is 5.82 Å². The fraction of sp³-hybridized carbons (Fsp3) is 0.143. The number of hydrogen-bond donors (Lipinski definition) is 1. The summed E-state index contributed by atoms with van der Waals surface area (Å²) in [6.07, 6.45) is 0. The van der Waals surface area contributed by atoms with Crippen molar-refractivity contribution in [3.8, 4) is 33.7 Å². The number of nitrogens with zero attached hydrogens (tertiary/aromatic N) is 2. The molecule has 2 heterocycles. The quantitative estimate of drug-likeness (QED) is 0.376. The van der Waals surface area contributed by atoms with Crippen LogP contribution in [0, 0.1) is 6.92 Å². The number of hydrogen-bond acceptors (Lipinski definition) is 8. The van der Waals surface area contributed by atoms with E-state index in [1.807, 2.05) is 0 Å². The van der Waals surface area contributed by atoms with E-state index in [9.17, 15) is 8.42 Å². The Morgan fingerprint density at radius 2 is 1.81 bits per heavy atom. The minimum Gasteiger partial charge on any atom is -0.497 e. The molecule has 0 aliphatic carbocycles. The Balaban J connectivity index is 1.63. The second kappa shape index (κ2) is 8.81. The number of anilines is 1. The van der Waals surface area contributed by atoms with Crippen molar-refractivity contribution in [1.82, 2.24) is 10.1 Å². The Hall–Kier alpha value is -3.08. The average molecular weight is 492 g/mol. The van der Waals surface area contributed by atoms with Crippen molar-refractivity contribution in [3.63, 3.8) is 0 Å². The SMILES string of the molecule is COc1ccc(NS(=O)(=O)c2cc(-c3nc(-c4ccc(Cl)cc4)no3)sc2C)c(OC)c1. The van der Waals surface area contributed by atoms with Crippen LogP contribution in [0.2, 0.25) is 5.02 Å². The molecule has 2 aromatic carbocycles. The van der Waals surface area contributed by atoms with Crippen molar-refractivity contribution >= 4 is 38.6 Å². The number of sulfonamides is 1. The highest BCUT2D eigenvalue weighted by atomic mass is 35.5. The van der Waals surface area contributed by atoms with E-state index in [0.717, 1.165) is 5.56 Å². The summed E-state index contributed by atoms with van der Waals surface area (Å²) in [5.74, 6) is 1.50. The molecule has 0 amide bonds. The van der Waals surface area contributed by atoms with Gasteiger partial charge >= 0.3 is 0 Å². The van der Waals surface area contributed by atoms with Gasteiger partial charge in [-0.1, -0.05) is 16.8 Å². The molecule has 166 valence electrons. The number of nitrogens with one attached hydrogen (secondary N) is 1. The smallest absolute Gasteiger partial charge is 0.268 e. The van der Waals surface area contributed by atoms with Crippen LogP contribution in [0.25, 0.3) is 22.2 Å². The molecule has 0 radical (unpaired) electrons. The number of ether oxygens (including phenoxy) is 2. The van der Waals surface area contributed by atoms with Crippen molar-refractivity contribution in [2.24, 2.45) is 0 Å². The van der Waals surface area contributed by atoms with Crippen molar-refractivity contribution in [1.29, 1.82) is 0 Å². The van der Waals surface area contributed by atoms with Gasteiger partial charge < -0.3 is 14.0 Å². The van der Waals surface area contributed by atoms with Crippen LogP contribution < -0.4 is 14.2 Å². The first-order chi connectivity index (χ1) is 15.3. The van der Waals surface area contributed by atoms with Crippen LogP contribution >= 0.6 is 22.9 Å². The van der Waals surface area contributed by atoms with E-state index >= 15 is 0 Å². The zero-order valence-electron chi connectivity index (χ0n) is 17.2. The van der Waals surface area contributed by atoms with E-state index in [4.69, 9.17) is 25.6 Å². The number of benzene rings is 2. The van der Waals surface area contributed by atoms with Gasteiger partial charge in [0.15, 0.2) is 0 Å². The van der Waals surface area contributed by atoms with Crippen LogP contribution in [-0.4, -0.2) is 32.8 Å². The van der Waals surface area contributed by atoms with Gasteiger partial charge in [0.1, 0.15) is 16.4 Å². The molecule has 4 aromatic rings. The number of halogens is 1. The van der Waals surface area contributed by atoms with Crippen LogP contribution in [-0.2, 0) is 10.0 Å². The van der Waals surface area contributed by atoms with Crippen molar-refractivity contribution in [2.75, 3.05) is 18.9 Å². The summed E-state index contributed by atoms with van der Waals surface area (Å²) in [7, 11) is -0.927. The highest BCUT2D eigenvalue weighted by molar-refractivity contribution is 7.93. The lowest BCUT2D eigenvalue weighted by Crippen LogP contribution is -2.13. The van der Waals surface area contributed by atoms with Crippen LogP contribution in [0.3, 0.4) is 0 Å². The molecule has 0 fully saturated rings. The molecule has 0 unspecified atom stereocenters. The summed E-state index contributed by atoms with van der Waals surface area (Å²) in [5, 5.41) is 4.58. The number of thiophene rings is 1. The van der Waals surface area contributed by atoms with Crippen LogP contribution in [0.4, 0.5) is 5.69 Å². The summed E-state index contributed by atoms with van der Waals surface area (Å²) >= 11 is 7.16. The molecule has 0 aliphatic heterocycles. The van der Waals surface area contributed by atoms with Crippen molar-refractivity contribution < 1.29 is 22.4 Å². The van der Waals surface area contributed by atoms with Crippen LogP contribution in [0.5, 0.6) is 11.5 Å². The molecular formula is C21H18ClN3O5S2.